The monoisotopic (exact) mass is 290 g/mol. The highest BCUT2D eigenvalue weighted by atomic mass is 32.1. The first kappa shape index (κ1) is 14.4. The van der Waals surface area contributed by atoms with Crippen LogP contribution in [0.15, 0.2) is 30.6 Å². The van der Waals surface area contributed by atoms with Gasteiger partial charge in [0.1, 0.15) is 23.2 Å². The number of aromatic nitrogens is 1. The second kappa shape index (κ2) is 5.96. The van der Waals surface area contributed by atoms with Gasteiger partial charge < -0.3 is 10.5 Å². The van der Waals surface area contributed by atoms with E-state index in [2.05, 4.69) is 4.98 Å². The second-order valence-electron chi connectivity index (χ2n) is 4.60. The molecule has 0 unspecified atom stereocenters. The van der Waals surface area contributed by atoms with Gasteiger partial charge in [0.2, 0.25) is 0 Å². The number of ether oxygens (including phenoxy) is 1. The maximum absolute atomic E-state index is 13.0. The number of thiocarbonyl (C=S) groups is 1. The fourth-order valence-corrected chi connectivity index (χ4v) is 2.13. The average Bonchev–Trinajstić information content (AvgIpc) is 2.37. The summed E-state index contributed by atoms with van der Waals surface area (Å²) in [5, 5.41) is 0. The summed E-state index contributed by atoms with van der Waals surface area (Å²) in [4.78, 5) is 4.15. The zero-order valence-electron chi connectivity index (χ0n) is 11.3. The number of hydrogen-bond acceptors (Lipinski definition) is 3. The number of aryl methyl sites for hydroxylation is 2. The molecule has 0 aliphatic rings. The molecule has 104 valence electrons. The van der Waals surface area contributed by atoms with Crippen LogP contribution in [0.4, 0.5) is 4.39 Å². The van der Waals surface area contributed by atoms with Crippen molar-refractivity contribution in [1.29, 1.82) is 0 Å². The van der Waals surface area contributed by atoms with Gasteiger partial charge in [0.25, 0.3) is 0 Å². The largest absolute Gasteiger partial charge is 0.488 e. The molecule has 5 heteroatoms. The highest BCUT2D eigenvalue weighted by molar-refractivity contribution is 7.80. The summed E-state index contributed by atoms with van der Waals surface area (Å²) in [6.45, 7) is 4.11. The van der Waals surface area contributed by atoms with Crippen molar-refractivity contribution < 1.29 is 9.13 Å². The highest BCUT2D eigenvalue weighted by Crippen LogP contribution is 2.25. The third-order valence-corrected chi connectivity index (χ3v) is 3.13. The van der Waals surface area contributed by atoms with Gasteiger partial charge in [-0.25, -0.2) is 4.39 Å². The van der Waals surface area contributed by atoms with E-state index in [1.807, 2.05) is 26.0 Å². The zero-order valence-corrected chi connectivity index (χ0v) is 12.1. The lowest BCUT2D eigenvalue weighted by atomic mass is 10.1. The predicted octanol–water partition coefficient (Wildman–Crippen LogP) is 3.05. The Bertz CT molecular complexity index is 635. The van der Waals surface area contributed by atoms with Gasteiger partial charge in [0, 0.05) is 17.3 Å². The van der Waals surface area contributed by atoms with Crippen LogP contribution >= 0.6 is 12.2 Å². The Morgan fingerprint density at radius 2 is 1.90 bits per heavy atom. The van der Waals surface area contributed by atoms with Crippen molar-refractivity contribution in [2.45, 2.75) is 20.5 Å². The predicted molar refractivity (Wildman–Crippen MR) is 80.3 cm³/mol. The quantitative estimate of drug-likeness (QED) is 0.879. The van der Waals surface area contributed by atoms with Crippen molar-refractivity contribution in [3.8, 4) is 5.75 Å². The number of hydrogen-bond donors (Lipinski definition) is 1. The molecule has 0 amide bonds. The van der Waals surface area contributed by atoms with Crippen molar-refractivity contribution in [2.24, 2.45) is 5.73 Å². The molecule has 1 aromatic carbocycles. The first-order chi connectivity index (χ1) is 9.47. The lowest BCUT2D eigenvalue weighted by Crippen LogP contribution is -2.10. The van der Waals surface area contributed by atoms with Crippen molar-refractivity contribution in [2.75, 3.05) is 0 Å². The van der Waals surface area contributed by atoms with Crippen molar-refractivity contribution in [3.63, 3.8) is 0 Å². The highest BCUT2D eigenvalue weighted by Gasteiger charge is 2.08. The first-order valence-electron chi connectivity index (χ1n) is 6.10. The molecule has 1 aromatic heterocycles. The molecule has 0 radical (unpaired) electrons. The van der Waals surface area contributed by atoms with E-state index in [-0.39, 0.29) is 12.4 Å². The topological polar surface area (TPSA) is 48.1 Å². The Balaban J connectivity index is 2.20. The minimum absolute atomic E-state index is 0.263. The standard InChI is InChI=1S/C15H15FN2OS/c1-9-3-12(15(17)20)4-10(2)14(9)19-8-11-5-13(16)7-18-6-11/h3-7H,8H2,1-2H3,(H2,17,20). The number of nitrogens with zero attached hydrogens (tertiary/aromatic N) is 1. The maximum Gasteiger partial charge on any atom is 0.141 e. The Labute approximate surface area is 122 Å². The van der Waals surface area contributed by atoms with E-state index in [1.54, 1.807) is 6.20 Å². The normalized spacial score (nSPS) is 10.3. The number of halogens is 1. The molecule has 2 rings (SSSR count). The molecule has 2 aromatic rings. The van der Waals surface area contributed by atoms with Gasteiger partial charge in [-0.05, 0) is 43.2 Å². The smallest absolute Gasteiger partial charge is 0.141 e. The molecule has 0 aliphatic carbocycles. The zero-order chi connectivity index (χ0) is 14.7. The molecule has 0 aliphatic heterocycles. The van der Waals surface area contributed by atoms with E-state index in [0.29, 0.717) is 10.6 Å². The molecule has 0 saturated heterocycles. The summed E-state index contributed by atoms with van der Waals surface area (Å²) in [5.74, 6) is 0.387. The molecule has 0 fully saturated rings. The third-order valence-electron chi connectivity index (χ3n) is 2.89. The van der Waals surface area contributed by atoms with E-state index in [4.69, 9.17) is 22.7 Å². The van der Waals surface area contributed by atoms with E-state index in [0.717, 1.165) is 28.6 Å². The number of benzene rings is 1. The van der Waals surface area contributed by atoms with Gasteiger partial charge in [-0.1, -0.05) is 12.2 Å². The molecular formula is C15H15FN2OS. The molecule has 3 nitrogen and oxygen atoms in total. The van der Waals surface area contributed by atoms with Crippen LogP contribution in [0.3, 0.4) is 0 Å². The fraction of sp³-hybridized carbons (Fsp3) is 0.200. The second-order valence-corrected chi connectivity index (χ2v) is 5.04. The van der Waals surface area contributed by atoms with Crippen LogP contribution in [-0.2, 0) is 6.61 Å². The Hall–Kier alpha value is -2.01. The minimum atomic E-state index is -0.372. The lowest BCUT2D eigenvalue weighted by molar-refractivity contribution is 0.301. The van der Waals surface area contributed by atoms with E-state index >= 15 is 0 Å². The van der Waals surface area contributed by atoms with Crippen molar-refractivity contribution in [1.82, 2.24) is 4.98 Å². The minimum Gasteiger partial charge on any atom is -0.488 e. The molecule has 20 heavy (non-hydrogen) atoms. The Morgan fingerprint density at radius 1 is 1.25 bits per heavy atom. The molecule has 0 bridgehead atoms. The van der Waals surface area contributed by atoms with Gasteiger partial charge >= 0.3 is 0 Å². The van der Waals surface area contributed by atoms with Gasteiger partial charge in [-0.2, -0.15) is 0 Å². The summed E-state index contributed by atoms with van der Waals surface area (Å²) < 4.78 is 18.8. The molecule has 0 atom stereocenters. The van der Waals surface area contributed by atoms with Gasteiger partial charge in [-0.3, -0.25) is 4.98 Å². The van der Waals surface area contributed by atoms with Crippen LogP contribution in [0, 0.1) is 19.7 Å². The lowest BCUT2D eigenvalue weighted by Gasteiger charge is -2.13. The third kappa shape index (κ3) is 3.30. The van der Waals surface area contributed by atoms with E-state index in [9.17, 15) is 4.39 Å². The van der Waals surface area contributed by atoms with Crippen LogP contribution in [0.5, 0.6) is 5.75 Å². The van der Waals surface area contributed by atoms with Gasteiger partial charge in [0.15, 0.2) is 0 Å². The van der Waals surface area contributed by atoms with Crippen LogP contribution in [0.25, 0.3) is 0 Å². The molecule has 2 N–H and O–H groups in total. The summed E-state index contributed by atoms with van der Waals surface area (Å²) in [6, 6.07) is 5.17. The summed E-state index contributed by atoms with van der Waals surface area (Å²) >= 11 is 4.97. The van der Waals surface area contributed by atoms with Crippen molar-refractivity contribution >= 4 is 17.2 Å². The summed E-state index contributed by atoms with van der Waals surface area (Å²) in [7, 11) is 0. The Kier molecular flexibility index (Phi) is 4.29. The van der Waals surface area contributed by atoms with Gasteiger partial charge in [0.05, 0.1) is 6.20 Å². The molecule has 0 spiro atoms. The SMILES string of the molecule is Cc1cc(C(N)=S)cc(C)c1OCc1cncc(F)c1. The van der Waals surface area contributed by atoms with Gasteiger partial charge in [-0.15, -0.1) is 0 Å². The average molecular weight is 290 g/mol. The maximum atomic E-state index is 13.0. The molecule has 1 heterocycles. The number of pyridine rings is 1. The molecule has 0 saturated carbocycles. The fourth-order valence-electron chi connectivity index (χ4n) is 2.01. The van der Waals surface area contributed by atoms with Crippen LogP contribution in [0.2, 0.25) is 0 Å². The van der Waals surface area contributed by atoms with Crippen molar-refractivity contribution in [3.05, 3.63) is 58.7 Å². The van der Waals surface area contributed by atoms with Crippen LogP contribution in [0.1, 0.15) is 22.3 Å². The van der Waals surface area contributed by atoms with E-state index < -0.39 is 0 Å². The van der Waals surface area contributed by atoms with Crippen LogP contribution < -0.4 is 10.5 Å². The summed E-state index contributed by atoms with van der Waals surface area (Å²) in [5.41, 5.74) is 9.00. The first-order valence-corrected chi connectivity index (χ1v) is 6.51. The molecular weight excluding hydrogens is 275 g/mol. The Morgan fingerprint density at radius 3 is 2.45 bits per heavy atom. The summed E-state index contributed by atoms with van der Waals surface area (Å²) in [6.07, 6.45) is 2.74. The number of rotatable bonds is 4. The number of nitrogens with two attached hydrogens (primary N) is 1. The van der Waals surface area contributed by atoms with E-state index in [1.165, 1.54) is 6.07 Å². The van der Waals surface area contributed by atoms with Crippen LogP contribution in [-0.4, -0.2) is 9.97 Å².